The highest BCUT2D eigenvalue weighted by molar-refractivity contribution is 5.95. The van der Waals surface area contributed by atoms with E-state index >= 15 is 0 Å². The van der Waals surface area contributed by atoms with E-state index in [1.807, 2.05) is 49.4 Å². The van der Waals surface area contributed by atoms with Gasteiger partial charge in [0.1, 0.15) is 11.5 Å². The van der Waals surface area contributed by atoms with Crippen LogP contribution in [0.2, 0.25) is 0 Å². The van der Waals surface area contributed by atoms with Crippen LogP contribution in [0.3, 0.4) is 0 Å². The van der Waals surface area contributed by atoms with Crippen LogP contribution < -0.4 is 15.4 Å². The fourth-order valence-electron chi connectivity index (χ4n) is 3.51. The second-order valence-corrected chi connectivity index (χ2v) is 7.66. The van der Waals surface area contributed by atoms with Gasteiger partial charge in [-0.1, -0.05) is 31.5 Å². The molecule has 1 unspecified atom stereocenters. The lowest BCUT2D eigenvalue weighted by Gasteiger charge is -2.29. The monoisotopic (exact) mass is 422 g/mol. The Labute approximate surface area is 183 Å². The smallest absolute Gasteiger partial charge is 0.338 e. The van der Waals surface area contributed by atoms with Crippen LogP contribution in [0.4, 0.5) is 4.79 Å². The number of esters is 1. The number of carbonyl (C=O) groups is 2. The predicted molar refractivity (Wildman–Crippen MR) is 120 cm³/mol. The summed E-state index contributed by atoms with van der Waals surface area (Å²) in [6.45, 7) is 8.22. The summed E-state index contributed by atoms with van der Waals surface area (Å²) in [5.74, 6) is 1.03. The molecular formula is C25H30N2O4. The maximum absolute atomic E-state index is 12.7. The second kappa shape index (κ2) is 10.2. The average Bonchev–Trinajstić information content (AvgIpc) is 2.75. The van der Waals surface area contributed by atoms with Crippen LogP contribution >= 0.6 is 0 Å². The number of allylic oxidation sites excluding steroid dienone is 1. The molecule has 1 aliphatic rings. The van der Waals surface area contributed by atoms with E-state index in [4.69, 9.17) is 9.47 Å². The molecule has 0 bridgehead atoms. The van der Waals surface area contributed by atoms with Gasteiger partial charge in [-0.15, -0.1) is 0 Å². The SMILES string of the molecule is CCCCC1=C(C(=O)OCC)C(c2ccc(Oc3ccc(C)c(C)c3)cc2)NC(=O)N1. The largest absolute Gasteiger partial charge is 0.463 e. The van der Waals surface area contributed by atoms with Crippen LogP contribution in [0, 0.1) is 13.8 Å². The van der Waals surface area contributed by atoms with E-state index in [2.05, 4.69) is 24.5 Å². The first-order valence-electron chi connectivity index (χ1n) is 10.8. The van der Waals surface area contributed by atoms with Crippen molar-refractivity contribution >= 4 is 12.0 Å². The molecule has 1 heterocycles. The number of hydrogen-bond donors (Lipinski definition) is 2. The predicted octanol–water partition coefficient (Wildman–Crippen LogP) is 5.46. The van der Waals surface area contributed by atoms with Gasteiger partial charge in [-0.05, 0) is 74.6 Å². The Morgan fingerprint density at radius 2 is 1.71 bits per heavy atom. The number of amides is 2. The Balaban J connectivity index is 1.88. The minimum atomic E-state index is -0.574. The number of rotatable bonds is 8. The number of hydrogen-bond acceptors (Lipinski definition) is 4. The topological polar surface area (TPSA) is 76.7 Å². The number of urea groups is 1. The fraction of sp³-hybridized carbons (Fsp3) is 0.360. The van der Waals surface area contributed by atoms with Crippen molar-refractivity contribution in [1.29, 1.82) is 0 Å². The van der Waals surface area contributed by atoms with Gasteiger partial charge in [0.25, 0.3) is 0 Å². The van der Waals surface area contributed by atoms with E-state index in [0.29, 0.717) is 23.4 Å². The van der Waals surface area contributed by atoms with Gasteiger partial charge >= 0.3 is 12.0 Å². The van der Waals surface area contributed by atoms with Gasteiger partial charge < -0.3 is 20.1 Å². The van der Waals surface area contributed by atoms with E-state index in [1.165, 1.54) is 5.56 Å². The van der Waals surface area contributed by atoms with E-state index in [1.54, 1.807) is 6.92 Å². The quantitative estimate of drug-likeness (QED) is 0.554. The molecule has 2 amide bonds. The molecule has 6 heteroatoms. The molecule has 0 fully saturated rings. The number of carbonyl (C=O) groups excluding carboxylic acids is 2. The van der Waals surface area contributed by atoms with E-state index in [9.17, 15) is 9.59 Å². The average molecular weight is 423 g/mol. The molecule has 0 radical (unpaired) electrons. The minimum Gasteiger partial charge on any atom is -0.463 e. The Bertz CT molecular complexity index is 980. The Kier molecular flexibility index (Phi) is 7.34. The Morgan fingerprint density at radius 3 is 2.35 bits per heavy atom. The summed E-state index contributed by atoms with van der Waals surface area (Å²) in [5.41, 5.74) is 4.25. The molecule has 2 N–H and O–H groups in total. The summed E-state index contributed by atoms with van der Waals surface area (Å²) in [4.78, 5) is 25.0. The fourth-order valence-corrected chi connectivity index (χ4v) is 3.51. The highest BCUT2D eigenvalue weighted by atomic mass is 16.5. The maximum Gasteiger partial charge on any atom is 0.338 e. The van der Waals surface area contributed by atoms with Gasteiger partial charge in [0, 0.05) is 5.70 Å². The number of unbranched alkanes of at least 4 members (excludes halogenated alkanes) is 1. The summed E-state index contributed by atoms with van der Waals surface area (Å²) < 4.78 is 11.3. The third-order valence-electron chi connectivity index (χ3n) is 5.36. The van der Waals surface area contributed by atoms with Gasteiger partial charge in [-0.3, -0.25) is 0 Å². The van der Waals surface area contributed by atoms with Crippen molar-refractivity contribution < 1.29 is 19.1 Å². The van der Waals surface area contributed by atoms with Gasteiger partial charge in [0.05, 0.1) is 18.2 Å². The zero-order chi connectivity index (χ0) is 22.4. The summed E-state index contributed by atoms with van der Waals surface area (Å²) in [7, 11) is 0. The molecule has 0 saturated carbocycles. The van der Waals surface area contributed by atoms with Crippen LogP contribution in [0.25, 0.3) is 0 Å². The summed E-state index contributed by atoms with van der Waals surface area (Å²) >= 11 is 0. The molecule has 0 aromatic heterocycles. The normalized spacial score (nSPS) is 15.9. The lowest BCUT2D eigenvalue weighted by molar-refractivity contribution is -0.139. The summed E-state index contributed by atoms with van der Waals surface area (Å²) in [5, 5.41) is 5.66. The van der Waals surface area contributed by atoms with Crippen LogP contribution in [0.1, 0.15) is 55.8 Å². The molecule has 0 saturated heterocycles. The molecule has 0 spiro atoms. The van der Waals surface area contributed by atoms with Crippen molar-refractivity contribution in [3.8, 4) is 11.5 Å². The van der Waals surface area contributed by atoms with E-state index < -0.39 is 12.0 Å². The zero-order valence-corrected chi connectivity index (χ0v) is 18.6. The lowest BCUT2D eigenvalue weighted by Crippen LogP contribution is -2.46. The molecule has 3 rings (SSSR count). The van der Waals surface area contributed by atoms with Crippen LogP contribution in [0.5, 0.6) is 11.5 Å². The highest BCUT2D eigenvalue weighted by Gasteiger charge is 2.33. The third kappa shape index (κ3) is 5.45. The first kappa shape index (κ1) is 22.4. The van der Waals surface area contributed by atoms with E-state index in [-0.39, 0.29) is 12.6 Å². The van der Waals surface area contributed by atoms with Gasteiger partial charge in [-0.2, -0.15) is 0 Å². The molecule has 31 heavy (non-hydrogen) atoms. The van der Waals surface area contributed by atoms with Crippen molar-refractivity contribution in [2.75, 3.05) is 6.61 Å². The van der Waals surface area contributed by atoms with Gasteiger partial charge in [0.2, 0.25) is 0 Å². The summed E-state index contributed by atoms with van der Waals surface area (Å²) in [6, 6.07) is 12.5. The van der Waals surface area contributed by atoms with Crippen LogP contribution in [-0.2, 0) is 9.53 Å². The highest BCUT2D eigenvalue weighted by Crippen LogP contribution is 2.31. The van der Waals surface area contributed by atoms with Crippen molar-refractivity contribution in [3.05, 3.63) is 70.4 Å². The molecular weight excluding hydrogens is 392 g/mol. The molecule has 1 atom stereocenters. The van der Waals surface area contributed by atoms with Crippen molar-refractivity contribution in [3.63, 3.8) is 0 Å². The first-order valence-corrected chi connectivity index (χ1v) is 10.8. The summed E-state index contributed by atoms with van der Waals surface area (Å²) in [6.07, 6.45) is 2.44. The van der Waals surface area contributed by atoms with Crippen molar-refractivity contribution in [2.45, 2.75) is 53.0 Å². The number of nitrogens with one attached hydrogen (secondary N) is 2. The molecule has 6 nitrogen and oxygen atoms in total. The van der Waals surface area contributed by atoms with Gasteiger partial charge in [0.15, 0.2) is 0 Å². The standard InChI is InChI=1S/C25H30N2O4/c1-5-7-8-21-22(24(28)30-6-2)23(27-25(29)26-21)18-10-13-19(14-11-18)31-20-12-9-16(3)17(4)15-20/h9-15,23H,5-8H2,1-4H3,(H2,26,27,29). The van der Waals surface area contributed by atoms with E-state index in [0.717, 1.165) is 29.7 Å². The minimum absolute atomic E-state index is 0.271. The van der Waals surface area contributed by atoms with Crippen LogP contribution in [-0.4, -0.2) is 18.6 Å². The Hall–Kier alpha value is -3.28. The lowest BCUT2D eigenvalue weighted by atomic mass is 9.93. The first-order chi connectivity index (χ1) is 14.9. The molecule has 2 aromatic carbocycles. The third-order valence-corrected chi connectivity index (χ3v) is 5.36. The maximum atomic E-state index is 12.7. The number of aryl methyl sites for hydroxylation is 2. The number of ether oxygens (including phenoxy) is 2. The van der Waals surface area contributed by atoms with Gasteiger partial charge in [-0.25, -0.2) is 9.59 Å². The zero-order valence-electron chi connectivity index (χ0n) is 18.6. The molecule has 0 aliphatic carbocycles. The Morgan fingerprint density at radius 1 is 1.00 bits per heavy atom. The van der Waals surface area contributed by atoms with Crippen LogP contribution in [0.15, 0.2) is 53.7 Å². The van der Waals surface area contributed by atoms with Crippen molar-refractivity contribution in [2.24, 2.45) is 0 Å². The second-order valence-electron chi connectivity index (χ2n) is 7.66. The molecule has 2 aromatic rings. The number of benzene rings is 2. The van der Waals surface area contributed by atoms with Crippen molar-refractivity contribution in [1.82, 2.24) is 10.6 Å². The molecule has 164 valence electrons. The molecule has 1 aliphatic heterocycles.